The number of fused-ring (bicyclic) bond motifs is 1. The second-order valence-corrected chi connectivity index (χ2v) is 7.60. The van der Waals surface area contributed by atoms with Crippen molar-refractivity contribution in [1.82, 2.24) is 5.32 Å². The number of alkyl carbamates (subject to hydrolysis) is 1. The summed E-state index contributed by atoms with van der Waals surface area (Å²) in [6.07, 6.45) is 0.103. The van der Waals surface area contributed by atoms with Crippen LogP contribution in [0.25, 0.3) is 10.8 Å². The minimum Gasteiger partial charge on any atom is -0.496 e. The minimum absolute atomic E-state index is 0.0282. The smallest absolute Gasteiger partial charge is 0.408 e. The summed E-state index contributed by atoms with van der Waals surface area (Å²) in [7, 11) is 1.57. The van der Waals surface area contributed by atoms with Crippen LogP contribution in [0.1, 0.15) is 18.4 Å². The first-order chi connectivity index (χ1) is 16.5. The van der Waals surface area contributed by atoms with E-state index in [1.807, 2.05) is 60.7 Å². The molecule has 0 saturated heterocycles. The number of rotatable bonds is 10. The maximum atomic E-state index is 13.1. The van der Waals surface area contributed by atoms with Crippen LogP contribution >= 0.6 is 0 Å². The van der Waals surface area contributed by atoms with E-state index in [0.717, 1.165) is 16.3 Å². The third-order valence-corrected chi connectivity index (χ3v) is 5.08. The molecule has 0 fully saturated rings. The van der Waals surface area contributed by atoms with Gasteiger partial charge in [0.1, 0.15) is 18.4 Å². The zero-order valence-electron chi connectivity index (χ0n) is 19.0. The lowest BCUT2D eigenvalue weighted by Crippen LogP contribution is -2.44. The van der Waals surface area contributed by atoms with Crippen LogP contribution in [0.4, 0.5) is 10.5 Å². The molecule has 178 valence electrons. The molecule has 3 rings (SSSR count). The number of hydrogen-bond donors (Lipinski definition) is 4. The largest absolute Gasteiger partial charge is 0.496 e. The van der Waals surface area contributed by atoms with Crippen LogP contribution in [-0.4, -0.2) is 37.7 Å². The van der Waals surface area contributed by atoms with Crippen LogP contribution < -0.4 is 26.8 Å². The summed E-state index contributed by atoms with van der Waals surface area (Å²) in [5.74, 6) is 0.214. The van der Waals surface area contributed by atoms with E-state index >= 15 is 0 Å². The van der Waals surface area contributed by atoms with Crippen molar-refractivity contribution in [2.45, 2.75) is 25.5 Å². The highest BCUT2D eigenvalue weighted by Crippen LogP contribution is 2.29. The molecular weight excluding hydrogens is 434 g/mol. The average molecular weight is 464 g/mol. The topological polar surface area (TPSA) is 141 Å². The zero-order valence-corrected chi connectivity index (χ0v) is 19.0. The van der Waals surface area contributed by atoms with Crippen LogP contribution in [-0.2, 0) is 16.1 Å². The fourth-order valence-corrected chi connectivity index (χ4v) is 3.43. The number of anilines is 1. The third kappa shape index (κ3) is 7.13. The molecule has 0 bridgehead atoms. The van der Waals surface area contributed by atoms with Crippen LogP contribution in [0, 0.1) is 0 Å². The van der Waals surface area contributed by atoms with Crippen molar-refractivity contribution in [3.63, 3.8) is 0 Å². The van der Waals surface area contributed by atoms with Gasteiger partial charge in [0.2, 0.25) is 5.91 Å². The van der Waals surface area contributed by atoms with E-state index in [1.54, 1.807) is 13.2 Å². The molecule has 0 aromatic heterocycles. The number of carbonyl (C=O) groups is 2. The highest BCUT2D eigenvalue weighted by atomic mass is 16.5. The van der Waals surface area contributed by atoms with Gasteiger partial charge in [0.25, 0.3) is 0 Å². The summed E-state index contributed by atoms with van der Waals surface area (Å²) >= 11 is 0. The van der Waals surface area contributed by atoms with E-state index in [9.17, 15) is 9.59 Å². The normalized spacial score (nSPS) is 11.3. The molecule has 0 aliphatic carbocycles. The predicted molar refractivity (Wildman–Crippen MR) is 133 cm³/mol. The first-order valence-electron chi connectivity index (χ1n) is 10.9. The number of nitrogens with zero attached hydrogens (tertiary/aromatic N) is 1. The van der Waals surface area contributed by atoms with Gasteiger partial charge in [-0.2, -0.15) is 0 Å². The monoisotopic (exact) mass is 463 g/mol. The van der Waals surface area contributed by atoms with E-state index in [2.05, 4.69) is 15.6 Å². The van der Waals surface area contributed by atoms with Crippen LogP contribution in [0.3, 0.4) is 0 Å². The molecule has 2 amide bonds. The molecule has 3 aromatic rings. The molecule has 0 saturated carbocycles. The van der Waals surface area contributed by atoms with Crippen LogP contribution in [0.2, 0.25) is 0 Å². The molecule has 1 atom stereocenters. The van der Waals surface area contributed by atoms with E-state index in [1.165, 1.54) is 0 Å². The fraction of sp³-hybridized carbons (Fsp3) is 0.240. The average Bonchev–Trinajstić information content (AvgIpc) is 2.84. The van der Waals surface area contributed by atoms with E-state index in [-0.39, 0.29) is 12.6 Å². The van der Waals surface area contributed by atoms with Gasteiger partial charge < -0.3 is 31.6 Å². The van der Waals surface area contributed by atoms with Gasteiger partial charge in [0.15, 0.2) is 5.96 Å². The quantitative estimate of drug-likeness (QED) is 0.207. The number of benzene rings is 3. The molecule has 0 spiro atoms. The summed E-state index contributed by atoms with van der Waals surface area (Å²) in [6.45, 7) is 0.424. The molecule has 0 unspecified atom stereocenters. The van der Waals surface area contributed by atoms with Crippen molar-refractivity contribution < 1.29 is 19.1 Å². The molecule has 3 aromatic carbocycles. The van der Waals surface area contributed by atoms with Gasteiger partial charge >= 0.3 is 6.09 Å². The number of nitrogens with two attached hydrogens (primary N) is 2. The van der Waals surface area contributed by atoms with Gasteiger partial charge in [-0.3, -0.25) is 9.79 Å². The van der Waals surface area contributed by atoms with E-state index in [0.29, 0.717) is 30.8 Å². The summed E-state index contributed by atoms with van der Waals surface area (Å²) in [5, 5.41) is 7.35. The fourth-order valence-electron chi connectivity index (χ4n) is 3.43. The number of ether oxygens (including phenoxy) is 2. The number of methoxy groups -OCH3 is 1. The number of aliphatic imine (C=N–C) groups is 1. The second kappa shape index (κ2) is 12.1. The molecule has 0 aliphatic rings. The lowest BCUT2D eigenvalue weighted by Gasteiger charge is -2.19. The highest BCUT2D eigenvalue weighted by molar-refractivity contribution is 6.00. The molecule has 9 heteroatoms. The highest BCUT2D eigenvalue weighted by Gasteiger charge is 2.22. The van der Waals surface area contributed by atoms with Gasteiger partial charge in [-0.15, -0.1) is 0 Å². The number of nitrogens with one attached hydrogen (secondary N) is 2. The SMILES string of the molecule is COc1cc(NC(=O)[C@@H](CCCN=C(N)N)NC(=O)OCc2ccccc2)cc2ccccc12. The van der Waals surface area contributed by atoms with Gasteiger partial charge in [0.05, 0.1) is 7.11 Å². The molecule has 6 N–H and O–H groups in total. The zero-order chi connectivity index (χ0) is 24.3. The van der Waals surface area contributed by atoms with Crippen LogP contribution in [0.5, 0.6) is 5.75 Å². The number of guanidine groups is 1. The summed E-state index contributed by atoms with van der Waals surface area (Å²) in [4.78, 5) is 29.4. The lowest BCUT2D eigenvalue weighted by molar-refractivity contribution is -0.118. The Kier molecular flexibility index (Phi) is 8.67. The Balaban J connectivity index is 1.69. The Morgan fingerprint density at radius 2 is 1.76 bits per heavy atom. The van der Waals surface area contributed by atoms with Gasteiger partial charge in [-0.1, -0.05) is 54.6 Å². The molecule has 0 radical (unpaired) electrons. The number of carbonyl (C=O) groups excluding carboxylic acids is 2. The van der Waals surface area contributed by atoms with Gasteiger partial charge in [-0.25, -0.2) is 4.79 Å². The summed E-state index contributed by atoms with van der Waals surface area (Å²) < 4.78 is 10.8. The maximum absolute atomic E-state index is 13.1. The van der Waals surface area contributed by atoms with Crippen molar-refractivity contribution in [2.24, 2.45) is 16.5 Å². The minimum atomic E-state index is -0.852. The maximum Gasteiger partial charge on any atom is 0.408 e. The summed E-state index contributed by atoms with van der Waals surface area (Å²) in [5.41, 5.74) is 12.1. The molecule has 0 aliphatic heterocycles. The van der Waals surface area contributed by atoms with Gasteiger partial charge in [-0.05, 0) is 29.9 Å². The Bertz CT molecular complexity index is 1150. The number of hydrogen-bond acceptors (Lipinski definition) is 5. The Labute approximate surface area is 198 Å². The van der Waals surface area contributed by atoms with Crippen molar-refractivity contribution in [3.8, 4) is 5.75 Å². The van der Waals surface area contributed by atoms with Crippen LogP contribution in [0.15, 0.2) is 71.7 Å². The Morgan fingerprint density at radius 3 is 2.50 bits per heavy atom. The third-order valence-electron chi connectivity index (χ3n) is 5.08. The van der Waals surface area contributed by atoms with Crippen molar-refractivity contribution >= 4 is 34.4 Å². The summed E-state index contributed by atoms with van der Waals surface area (Å²) in [6, 6.07) is 19.7. The van der Waals surface area contributed by atoms with E-state index < -0.39 is 18.0 Å². The number of amides is 2. The molecule has 0 heterocycles. The molecular formula is C25H29N5O4. The van der Waals surface area contributed by atoms with Gasteiger partial charge in [0, 0.05) is 23.7 Å². The van der Waals surface area contributed by atoms with Crippen molar-refractivity contribution in [2.75, 3.05) is 19.0 Å². The Hall–Kier alpha value is -4.27. The van der Waals surface area contributed by atoms with Crippen molar-refractivity contribution in [3.05, 3.63) is 72.3 Å². The first kappa shape index (κ1) is 24.4. The standard InChI is InChI=1S/C25H29N5O4/c1-33-22-15-19(14-18-10-5-6-11-20(18)22)29-23(31)21(12-7-13-28-24(26)27)30-25(32)34-16-17-8-3-2-4-9-17/h2-6,8-11,14-15,21H,7,12-13,16H2,1H3,(H,29,31)(H,30,32)(H4,26,27,28)/t21-/m1/s1. The Morgan fingerprint density at radius 1 is 1.03 bits per heavy atom. The first-order valence-corrected chi connectivity index (χ1v) is 10.9. The molecule has 9 nitrogen and oxygen atoms in total. The second-order valence-electron chi connectivity index (χ2n) is 7.60. The van der Waals surface area contributed by atoms with E-state index in [4.69, 9.17) is 20.9 Å². The van der Waals surface area contributed by atoms with Crippen molar-refractivity contribution in [1.29, 1.82) is 0 Å². The molecule has 34 heavy (non-hydrogen) atoms. The predicted octanol–water partition coefficient (Wildman–Crippen LogP) is 3.14. The lowest BCUT2D eigenvalue weighted by atomic mass is 10.1.